The molecule has 0 aliphatic rings. The molecule has 0 bridgehead atoms. The number of hydrogen-bond donors (Lipinski definition) is 1. The van der Waals surface area contributed by atoms with E-state index >= 15 is 0 Å². The van der Waals surface area contributed by atoms with Gasteiger partial charge in [0.25, 0.3) is 5.91 Å². The Balaban J connectivity index is 0.00000392. The molecule has 1 heterocycles. The summed E-state index contributed by atoms with van der Waals surface area (Å²) >= 11 is 12.0. The minimum absolute atomic E-state index is 0. The van der Waals surface area contributed by atoms with Crippen molar-refractivity contribution >= 4 is 34.9 Å². The second-order valence-electron chi connectivity index (χ2n) is 6.25. The number of ether oxygens (including phenoxy) is 1. The van der Waals surface area contributed by atoms with Crippen LogP contribution in [0.3, 0.4) is 0 Å². The van der Waals surface area contributed by atoms with Gasteiger partial charge in [-0.3, -0.25) is 9.69 Å². The fourth-order valence-electron chi connectivity index (χ4n) is 2.73. The van der Waals surface area contributed by atoms with Crippen LogP contribution in [-0.4, -0.2) is 43.7 Å². The third-order valence-corrected chi connectivity index (χ3v) is 4.92. The Morgan fingerprint density at radius 2 is 1.89 bits per heavy atom. The summed E-state index contributed by atoms with van der Waals surface area (Å²) in [6.45, 7) is 9.51. The first-order valence-electron chi connectivity index (χ1n) is 9.10. The van der Waals surface area contributed by atoms with E-state index in [1.165, 1.54) is 4.90 Å². The first kappa shape index (κ1) is 24.5. The van der Waals surface area contributed by atoms with Crippen molar-refractivity contribution in [2.45, 2.75) is 20.8 Å². The summed E-state index contributed by atoms with van der Waals surface area (Å²) in [6.07, 6.45) is 0. The van der Waals surface area contributed by atoms with Crippen LogP contribution >= 0.6 is 23.2 Å². The summed E-state index contributed by atoms with van der Waals surface area (Å²) in [4.78, 5) is 20.5. The highest BCUT2D eigenvalue weighted by Gasteiger charge is 2.20. The quantitative estimate of drug-likeness (QED) is 0.592. The van der Waals surface area contributed by atoms with Gasteiger partial charge in [-0.15, -0.1) is 0 Å². The van der Waals surface area contributed by atoms with Gasteiger partial charge in [0, 0.05) is 10.7 Å². The maximum atomic E-state index is 12.9. The number of amides is 1. The van der Waals surface area contributed by atoms with E-state index in [0.29, 0.717) is 28.2 Å². The fraction of sp³-hybridized carbons (Fsp3) is 0.400. The van der Waals surface area contributed by atoms with Crippen LogP contribution in [0.25, 0.3) is 0 Å². The van der Waals surface area contributed by atoms with E-state index in [1.807, 2.05) is 25.1 Å². The lowest BCUT2D eigenvalue weighted by molar-refractivity contribution is -0.894. The number of carbonyl (C=O) groups excluding carboxylic acids is 1. The molecular formula is C20H26Cl3N3O2. The largest absolute Gasteiger partial charge is 1.00 e. The molecule has 1 N–H and O–H groups in total. The third kappa shape index (κ3) is 7.13. The number of rotatable bonds is 9. The maximum absolute atomic E-state index is 12.9. The molecular weight excluding hydrogens is 421 g/mol. The molecule has 0 fully saturated rings. The molecule has 28 heavy (non-hydrogen) atoms. The van der Waals surface area contributed by atoms with Gasteiger partial charge in [-0.1, -0.05) is 29.3 Å². The van der Waals surface area contributed by atoms with Gasteiger partial charge < -0.3 is 22.0 Å². The van der Waals surface area contributed by atoms with Gasteiger partial charge in [0.2, 0.25) is 0 Å². The predicted octanol–water partition coefficient (Wildman–Crippen LogP) is 0.0375. The van der Waals surface area contributed by atoms with Crippen molar-refractivity contribution in [1.29, 1.82) is 0 Å². The van der Waals surface area contributed by atoms with Crippen LogP contribution in [0.2, 0.25) is 10.0 Å². The zero-order valence-corrected chi connectivity index (χ0v) is 18.6. The number of aryl methyl sites for hydroxylation is 1. The zero-order chi connectivity index (χ0) is 19.8. The van der Waals surface area contributed by atoms with Gasteiger partial charge in [0.1, 0.15) is 11.6 Å². The lowest BCUT2D eigenvalue weighted by atomic mass is 10.3. The molecule has 0 aliphatic carbocycles. The number of aromatic nitrogens is 1. The first-order valence-corrected chi connectivity index (χ1v) is 9.85. The standard InChI is InChI=1S/C20H25Cl2N3O2.ClH/c1-4-24(5-2)11-12-25(19-8-6-7-15(3)23-19)20(26)14-27-18-10-9-16(21)13-17(18)22;/h6-10,13H,4-5,11-12,14H2,1-3H3;1H. The number of benzene rings is 1. The Bertz CT molecular complexity index is 770. The van der Waals surface area contributed by atoms with Crippen LogP contribution in [-0.2, 0) is 4.79 Å². The van der Waals surface area contributed by atoms with Crippen LogP contribution < -0.4 is 26.9 Å². The van der Waals surface area contributed by atoms with Crippen molar-refractivity contribution in [1.82, 2.24) is 4.98 Å². The van der Waals surface area contributed by atoms with Crippen LogP contribution in [0.4, 0.5) is 5.82 Å². The number of anilines is 1. The molecule has 8 heteroatoms. The highest BCUT2D eigenvalue weighted by molar-refractivity contribution is 6.35. The maximum Gasteiger partial charge on any atom is 0.266 e. The molecule has 0 saturated carbocycles. The summed E-state index contributed by atoms with van der Waals surface area (Å²) in [7, 11) is 0. The Morgan fingerprint density at radius 3 is 2.50 bits per heavy atom. The summed E-state index contributed by atoms with van der Waals surface area (Å²) in [5, 5.41) is 0.898. The molecule has 1 aromatic carbocycles. The van der Waals surface area contributed by atoms with E-state index in [0.717, 1.165) is 25.3 Å². The monoisotopic (exact) mass is 445 g/mol. The van der Waals surface area contributed by atoms with E-state index < -0.39 is 0 Å². The van der Waals surface area contributed by atoms with Crippen molar-refractivity contribution in [3.05, 3.63) is 52.1 Å². The number of hydrogen-bond acceptors (Lipinski definition) is 3. The molecule has 2 aromatic rings. The van der Waals surface area contributed by atoms with E-state index in [4.69, 9.17) is 27.9 Å². The topological polar surface area (TPSA) is 46.9 Å². The zero-order valence-electron chi connectivity index (χ0n) is 16.3. The first-order chi connectivity index (χ1) is 12.9. The van der Waals surface area contributed by atoms with Gasteiger partial charge >= 0.3 is 0 Å². The second-order valence-corrected chi connectivity index (χ2v) is 7.10. The minimum atomic E-state index is -0.161. The van der Waals surface area contributed by atoms with Gasteiger partial charge in [0.15, 0.2) is 6.61 Å². The smallest absolute Gasteiger partial charge is 0.266 e. The molecule has 0 radical (unpaired) electrons. The van der Waals surface area contributed by atoms with Crippen LogP contribution in [0.15, 0.2) is 36.4 Å². The van der Waals surface area contributed by atoms with Gasteiger partial charge in [0.05, 0.1) is 31.2 Å². The van der Waals surface area contributed by atoms with E-state index in [1.54, 1.807) is 23.1 Å². The number of nitrogens with one attached hydrogen (secondary N) is 1. The highest BCUT2D eigenvalue weighted by atomic mass is 35.5. The fourth-order valence-corrected chi connectivity index (χ4v) is 3.19. The summed E-state index contributed by atoms with van der Waals surface area (Å²) < 4.78 is 5.63. The number of carbonyl (C=O) groups is 1. The van der Waals surface area contributed by atoms with Gasteiger partial charge in [-0.25, -0.2) is 4.98 Å². The number of likely N-dealkylation sites (N-methyl/N-ethyl adjacent to an activating group) is 1. The van der Waals surface area contributed by atoms with Crippen LogP contribution in [0.1, 0.15) is 19.5 Å². The summed E-state index contributed by atoms with van der Waals surface area (Å²) in [6, 6.07) is 10.6. The number of nitrogens with zero attached hydrogens (tertiary/aromatic N) is 2. The van der Waals surface area contributed by atoms with Crippen molar-refractivity contribution in [3.8, 4) is 5.75 Å². The highest BCUT2D eigenvalue weighted by Crippen LogP contribution is 2.27. The van der Waals surface area contributed by atoms with Crippen molar-refractivity contribution in [2.24, 2.45) is 0 Å². The SMILES string of the molecule is CC[NH+](CC)CCN(C(=O)COc1ccc(Cl)cc1Cl)c1cccc(C)n1.[Cl-]. The average Bonchev–Trinajstić information content (AvgIpc) is 2.64. The van der Waals surface area contributed by atoms with Crippen molar-refractivity contribution in [3.63, 3.8) is 0 Å². The molecule has 0 saturated heterocycles. The molecule has 0 atom stereocenters. The number of pyridine rings is 1. The Kier molecular flexibility index (Phi) is 10.6. The normalized spacial score (nSPS) is 10.5. The van der Waals surface area contributed by atoms with Gasteiger partial charge in [-0.05, 0) is 51.1 Å². The lowest BCUT2D eigenvalue weighted by Gasteiger charge is -2.24. The third-order valence-electron chi connectivity index (χ3n) is 4.39. The Morgan fingerprint density at radius 1 is 1.18 bits per heavy atom. The Hall–Kier alpha value is -1.53. The molecule has 0 aliphatic heterocycles. The van der Waals surface area contributed by atoms with Crippen molar-refractivity contribution in [2.75, 3.05) is 37.7 Å². The van der Waals surface area contributed by atoms with E-state index in [9.17, 15) is 4.79 Å². The predicted molar refractivity (Wildman–Crippen MR) is 110 cm³/mol. The summed E-state index contributed by atoms with van der Waals surface area (Å²) in [5.74, 6) is 0.906. The van der Waals surface area contributed by atoms with Crippen LogP contribution in [0.5, 0.6) is 5.75 Å². The molecule has 154 valence electrons. The molecule has 1 amide bonds. The molecule has 0 unspecified atom stereocenters. The number of quaternary nitrogens is 1. The molecule has 1 aromatic heterocycles. The van der Waals surface area contributed by atoms with E-state index in [2.05, 4.69) is 18.8 Å². The second kappa shape index (κ2) is 12.1. The number of halogens is 3. The summed E-state index contributed by atoms with van der Waals surface area (Å²) in [5.41, 5.74) is 0.863. The van der Waals surface area contributed by atoms with E-state index in [-0.39, 0.29) is 24.9 Å². The van der Waals surface area contributed by atoms with Crippen LogP contribution in [0, 0.1) is 6.92 Å². The van der Waals surface area contributed by atoms with Gasteiger partial charge in [-0.2, -0.15) is 0 Å². The molecule has 5 nitrogen and oxygen atoms in total. The minimum Gasteiger partial charge on any atom is -1.00 e. The lowest BCUT2D eigenvalue weighted by Crippen LogP contribution is -3.12. The molecule has 0 spiro atoms. The average molecular weight is 447 g/mol. The Labute approximate surface area is 183 Å². The van der Waals surface area contributed by atoms with Crippen molar-refractivity contribution < 1.29 is 26.8 Å². The molecule has 2 rings (SSSR count).